The van der Waals surface area contributed by atoms with Gasteiger partial charge in [-0.1, -0.05) is 44.5 Å². The minimum Gasteiger partial charge on any atom is -0.322 e. The molecule has 0 saturated carbocycles. The van der Waals surface area contributed by atoms with Crippen LogP contribution in [-0.2, 0) is 12.5 Å². The summed E-state index contributed by atoms with van der Waals surface area (Å²) in [7, 11) is 1.30. The number of carbonyl (C=O) groups is 1. The summed E-state index contributed by atoms with van der Waals surface area (Å²) in [6, 6.07) is 5.72. The Balaban J connectivity index is 2.03. The van der Waals surface area contributed by atoms with Crippen molar-refractivity contribution >= 4 is 23.2 Å². The maximum atomic E-state index is 14.3. The van der Waals surface area contributed by atoms with Gasteiger partial charge >= 0.3 is 0 Å². The molecular weight excluding hydrogens is 360 g/mol. The first kappa shape index (κ1) is 18.8. The Kier molecular flexibility index (Phi) is 4.82. The van der Waals surface area contributed by atoms with Crippen molar-refractivity contribution in [3.05, 3.63) is 46.5 Å². The second kappa shape index (κ2) is 6.65. The van der Waals surface area contributed by atoms with Gasteiger partial charge < -0.3 is 5.32 Å². The van der Waals surface area contributed by atoms with E-state index in [0.717, 1.165) is 23.1 Å². The van der Waals surface area contributed by atoms with E-state index in [1.54, 1.807) is 6.07 Å². The number of halogens is 3. The quantitative estimate of drug-likeness (QED) is 0.743. The van der Waals surface area contributed by atoms with Crippen LogP contribution in [0.2, 0.25) is 0 Å². The number of aromatic nitrogens is 2. The number of aryl methyl sites for hydroxylation is 1. The highest BCUT2D eigenvalue weighted by atomic mass is 35.5. The van der Waals surface area contributed by atoms with Crippen molar-refractivity contribution in [3.8, 4) is 0 Å². The average Bonchev–Trinajstić information content (AvgIpc) is 2.87. The largest absolute Gasteiger partial charge is 0.322 e. The van der Waals surface area contributed by atoms with Gasteiger partial charge in [-0.2, -0.15) is 9.49 Å². The van der Waals surface area contributed by atoms with Gasteiger partial charge in [0.15, 0.2) is 0 Å². The van der Waals surface area contributed by atoms with Crippen LogP contribution in [0.4, 0.5) is 14.5 Å². The van der Waals surface area contributed by atoms with Crippen molar-refractivity contribution in [1.82, 2.24) is 9.78 Å². The van der Waals surface area contributed by atoms with Crippen molar-refractivity contribution in [2.75, 3.05) is 5.32 Å². The molecule has 1 heterocycles. The Morgan fingerprint density at radius 3 is 2.81 bits per heavy atom. The molecule has 4 nitrogen and oxygen atoms in total. The van der Waals surface area contributed by atoms with E-state index in [0.29, 0.717) is 5.69 Å². The number of fused-ring (bicyclic) bond motifs is 1. The van der Waals surface area contributed by atoms with Crippen molar-refractivity contribution in [1.29, 1.82) is 0 Å². The Hall–Kier alpha value is -1.95. The normalized spacial score (nSPS) is 19.7. The Bertz CT molecular complexity index is 861. The number of benzene rings is 1. The molecule has 26 heavy (non-hydrogen) atoms. The van der Waals surface area contributed by atoms with E-state index < -0.39 is 28.7 Å². The van der Waals surface area contributed by atoms with Crippen LogP contribution >= 0.6 is 11.6 Å². The predicted octanol–water partition coefficient (Wildman–Crippen LogP) is 5.19. The predicted molar refractivity (Wildman–Crippen MR) is 97.9 cm³/mol. The summed E-state index contributed by atoms with van der Waals surface area (Å²) >= 11 is 5.43. The van der Waals surface area contributed by atoms with E-state index in [-0.39, 0.29) is 11.3 Å². The lowest BCUT2D eigenvalue weighted by atomic mass is 9.69. The van der Waals surface area contributed by atoms with Crippen LogP contribution in [-0.4, -0.2) is 15.7 Å². The summed E-state index contributed by atoms with van der Waals surface area (Å²) in [4.78, 5) is 12.7. The summed E-state index contributed by atoms with van der Waals surface area (Å²) < 4.78 is 28.7. The second-order valence-corrected chi connectivity index (χ2v) is 7.90. The molecule has 0 radical (unpaired) electrons. The molecule has 1 N–H and O–H groups in total. The maximum absolute atomic E-state index is 14.3. The van der Waals surface area contributed by atoms with E-state index in [2.05, 4.69) is 37.3 Å². The third kappa shape index (κ3) is 3.11. The first-order valence-corrected chi connectivity index (χ1v) is 9.02. The van der Waals surface area contributed by atoms with Gasteiger partial charge in [-0.25, -0.2) is 9.07 Å². The van der Waals surface area contributed by atoms with E-state index in [1.165, 1.54) is 12.6 Å². The molecule has 0 bridgehead atoms. The highest BCUT2D eigenvalue weighted by Gasteiger charge is 2.33. The summed E-state index contributed by atoms with van der Waals surface area (Å²) in [5, 5.41) is 6.42. The van der Waals surface area contributed by atoms with Gasteiger partial charge in [0.05, 0.1) is 0 Å². The lowest BCUT2D eigenvalue weighted by Gasteiger charge is -2.37. The number of alkyl halides is 2. The summed E-state index contributed by atoms with van der Waals surface area (Å²) in [5.74, 6) is -1.41. The van der Waals surface area contributed by atoms with Gasteiger partial charge in [0, 0.05) is 12.7 Å². The summed E-state index contributed by atoms with van der Waals surface area (Å²) in [5.41, 5.74) is -0.112. The zero-order chi connectivity index (χ0) is 19.2. The van der Waals surface area contributed by atoms with Gasteiger partial charge in [-0.15, -0.1) is 0 Å². The molecule has 1 aliphatic rings. The van der Waals surface area contributed by atoms with Gasteiger partial charge in [0.2, 0.25) is 11.6 Å². The van der Waals surface area contributed by atoms with Crippen LogP contribution < -0.4 is 5.32 Å². The Labute approximate surface area is 156 Å². The van der Waals surface area contributed by atoms with Crippen LogP contribution in [0.25, 0.3) is 0 Å². The van der Waals surface area contributed by atoms with Crippen LogP contribution in [0.5, 0.6) is 0 Å². The van der Waals surface area contributed by atoms with Crippen molar-refractivity contribution < 1.29 is 13.6 Å². The average molecular weight is 382 g/mol. The molecule has 7 heteroatoms. The number of amides is 1. The number of nitrogens with zero attached hydrogens (tertiary/aromatic N) is 2. The molecule has 2 atom stereocenters. The highest BCUT2D eigenvalue weighted by molar-refractivity contribution is 6.20. The maximum Gasteiger partial charge on any atom is 0.262 e. The molecule has 3 rings (SSSR count). The first-order valence-electron chi connectivity index (χ1n) is 8.58. The fourth-order valence-electron chi connectivity index (χ4n) is 3.72. The number of nitrogens with one attached hydrogen (secondary N) is 1. The van der Waals surface area contributed by atoms with Crippen LogP contribution in [0.3, 0.4) is 0 Å². The molecule has 1 aromatic carbocycles. The molecule has 2 unspecified atom stereocenters. The van der Waals surface area contributed by atoms with Gasteiger partial charge in [-0.05, 0) is 41.4 Å². The molecule has 140 valence electrons. The molecule has 0 fully saturated rings. The third-order valence-electron chi connectivity index (χ3n) is 5.22. The molecule has 0 saturated heterocycles. The van der Waals surface area contributed by atoms with E-state index in [4.69, 9.17) is 11.6 Å². The van der Waals surface area contributed by atoms with Crippen LogP contribution in [0, 0.1) is 5.95 Å². The minimum atomic E-state index is -2.06. The SMILES string of the molecule is CC1CCC(C)(C)c2cccc(NC(=O)c3c(C(F)Cl)nn(C)c3F)c21. The van der Waals surface area contributed by atoms with Gasteiger partial charge in [0.25, 0.3) is 5.91 Å². The van der Waals surface area contributed by atoms with Crippen LogP contribution in [0.1, 0.15) is 72.3 Å². The number of carbonyl (C=O) groups excluding carboxylic acids is 1. The van der Waals surface area contributed by atoms with Crippen molar-refractivity contribution in [2.24, 2.45) is 7.05 Å². The van der Waals surface area contributed by atoms with E-state index >= 15 is 0 Å². The fraction of sp³-hybridized carbons (Fsp3) is 0.474. The Morgan fingerprint density at radius 2 is 2.15 bits per heavy atom. The molecule has 1 amide bonds. The number of anilines is 1. The standard InChI is InChI=1S/C19H22ClF2N3O/c1-10-8-9-19(2,3)11-6-5-7-12(13(10)11)23-18(26)14-15(16(20)21)24-25(4)17(14)22/h5-7,10,16H,8-9H2,1-4H3,(H,23,26). The van der Waals surface area contributed by atoms with E-state index in [9.17, 15) is 13.6 Å². The van der Waals surface area contributed by atoms with Crippen LogP contribution in [0.15, 0.2) is 18.2 Å². The zero-order valence-electron chi connectivity index (χ0n) is 15.2. The fourth-order valence-corrected chi connectivity index (χ4v) is 3.87. The Morgan fingerprint density at radius 1 is 1.46 bits per heavy atom. The molecule has 0 aliphatic heterocycles. The van der Waals surface area contributed by atoms with Gasteiger partial charge in [-0.3, -0.25) is 4.79 Å². The molecule has 1 aromatic heterocycles. The van der Waals surface area contributed by atoms with Crippen molar-refractivity contribution in [2.45, 2.75) is 50.6 Å². The number of hydrogen-bond donors (Lipinski definition) is 1. The minimum absolute atomic E-state index is 0.00648. The molecule has 1 aliphatic carbocycles. The smallest absolute Gasteiger partial charge is 0.262 e. The zero-order valence-corrected chi connectivity index (χ0v) is 16.0. The highest BCUT2D eigenvalue weighted by Crippen LogP contribution is 2.45. The summed E-state index contributed by atoms with van der Waals surface area (Å²) in [6.45, 7) is 6.45. The number of rotatable bonds is 3. The van der Waals surface area contributed by atoms with E-state index in [1.807, 2.05) is 6.07 Å². The molecular formula is C19H22ClF2N3O. The molecule has 2 aromatic rings. The monoisotopic (exact) mass is 381 g/mol. The van der Waals surface area contributed by atoms with Crippen molar-refractivity contribution in [3.63, 3.8) is 0 Å². The molecule has 0 spiro atoms. The lowest BCUT2D eigenvalue weighted by molar-refractivity contribution is 0.102. The summed E-state index contributed by atoms with van der Waals surface area (Å²) in [6.07, 6.45) is 2.04. The topological polar surface area (TPSA) is 46.9 Å². The third-order valence-corrected chi connectivity index (χ3v) is 5.42. The second-order valence-electron chi connectivity index (χ2n) is 7.52. The first-order chi connectivity index (χ1) is 12.1. The van der Waals surface area contributed by atoms with Gasteiger partial charge in [0.1, 0.15) is 11.3 Å². The number of hydrogen-bond acceptors (Lipinski definition) is 2. The lowest BCUT2D eigenvalue weighted by Crippen LogP contribution is -2.27.